The second-order valence-corrected chi connectivity index (χ2v) is 5.56. The molecular formula is C16H24N2O3. The number of hydrogen-bond acceptors (Lipinski definition) is 3. The Kier molecular flexibility index (Phi) is 5.72. The number of urea groups is 1. The number of benzene rings is 1. The van der Waals surface area contributed by atoms with Crippen molar-refractivity contribution >= 4 is 6.03 Å². The summed E-state index contributed by atoms with van der Waals surface area (Å²) in [6.07, 6.45) is 6.58. The Morgan fingerprint density at radius 1 is 1.19 bits per heavy atom. The third-order valence-electron chi connectivity index (χ3n) is 3.67. The van der Waals surface area contributed by atoms with E-state index in [4.69, 9.17) is 4.74 Å². The molecule has 1 aliphatic rings. The fourth-order valence-electron chi connectivity index (χ4n) is 2.59. The molecule has 2 rings (SSSR count). The number of aromatic hydroxyl groups is 1. The molecule has 3 N–H and O–H groups in total. The average Bonchev–Trinajstić information content (AvgIpc) is 2.69. The molecule has 21 heavy (non-hydrogen) atoms. The van der Waals surface area contributed by atoms with Crippen molar-refractivity contribution in [2.75, 3.05) is 0 Å². The van der Waals surface area contributed by atoms with E-state index in [9.17, 15) is 9.90 Å². The van der Waals surface area contributed by atoms with Crippen LogP contribution in [-0.2, 0) is 0 Å². The van der Waals surface area contributed by atoms with E-state index in [0.29, 0.717) is 5.75 Å². The predicted octanol–water partition coefficient (Wildman–Crippen LogP) is 3.14. The number of hydrogen-bond donors (Lipinski definition) is 3. The van der Waals surface area contributed by atoms with Crippen LogP contribution in [0.1, 0.15) is 45.4 Å². The average molecular weight is 292 g/mol. The van der Waals surface area contributed by atoms with Gasteiger partial charge in [0.25, 0.3) is 0 Å². The predicted molar refractivity (Wildman–Crippen MR) is 81.4 cm³/mol. The minimum atomic E-state index is -0.430. The van der Waals surface area contributed by atoms with Crippen LogP contribution in [0.15, 0.2) is 24.3 Å². The zero-order valence-corrected chi connectivity index (χ0v) is 12.5. The maximum atomic E-state index is 11.9. The molecule has 1 unspecified atom stereocenters. The smallest absolute Gasteiger partial charge is 0.317 e. The van der Waals surface area contributed by atoms with E-state index in [2.05, 4.69) is 10.6 Å². The molecule has 5 nitrogen and oxygen atoms in total. The number of phenols is 1. The largest absolute Gasteiger partial charge is 0.508 e. The van der Waals surface area contributed by atoms with Crippen molar-refractivity contribution < 1.29 is 14.6 Å². The van der Waals surface area contributed by atoms with E-state index >= 15 is 0 Å². The molecule has 0 spiro atoms. The zero-order chi connectivity index (χ0) is 15.1. The molecule has 5 heteroatoms. The van der Waals surface area contributed by atoms with Gasteiger partial charge < -0.3 is 20.5 Å². The molecule has 0 saturated heterocycles. The third kappa shape index (κ3) is 5.53. The first-order valence-corrected chi connectivity index (χ1v) is 7.66. The lowest BCUT2D eigenvalue weighted by atomic mass is 10.1. The highest BCUT2D eigenvalue weighted by molar-refractivity contribution is 5.74. The Hall–Kier alpha value is -1.91. The Morgan fingerprint density at radius 2 is 1.81 bits per heavy atom. The number of phenolic OH excluding ortho intramolecular Hbond substituents is 1. The van der Waals surface area contributed by atoms with Gasteiger partial charge in [-0.15, -0.1) is 0 Å². The Balaban J connectivity index is 1.74. The molecule has 1 saturated carbocycles. The lowest BCUT2D eigenvalue weighted by Crippen LogP contribution is -2.47. The van der Waals surface area contributed by atoms with Gasteiger partial charge in [0.05, 0.1) is 0 Å². The fourth-order valence-corrected chi connectivity index (χ4v) is 2.59. The first-order chi connectivity index (χ1) is 10.1. The monoisotopic (exact) mass is 292 g/mol. The van der Waals surface area contributed by atoms with Gasteiger partial charge in [-0.2, -0.15) is 0 Å². The molecule has 1 atom stereocenters. The third-order valence-corrected chi connectivity index (χ3v) is 3.67. The SMILES string of the molecule is CC(NC(=O)NC1CCCCCC1)Oc1ccc(O)cc1. The maximum absolute atomic E-state index is 11.9. The second kappa shape index (κ2) is 7.76. The van der Waals surface area contributed by atoms with Gasteiger partial charge in [0.1, 0.15) is 11.5 Å². The maximum Gasteiger partial charge on any atom is 0.317 e. The summed E-state index contributed by atoms with van der Waals surface area (Å²) in [7, 11) is 0. The van der Waals surface area contributed by atoms with Crippen LogP contribution in [0.25, 0.3) is 0 Å². The number of carbonyl (C=O) groups is 1. The Bertz CT molecular complexity index is 439. The number of nitrogens with one attached hydrogen (secondary N) is 2. The van der Waals surface area contributed by atoms with Crippen molar-refractivity contribution in [1.82, 2.24) is 10.6 Å². The number of rotatable bonds is 4. The van der Waals surface area contributed by atoms with Crippen LogP contribution in [0.5, 0.6) is 11.5 Å². The van der Waals surface area contributed by atoms with E-state index in [-0.39, 0.29) is 17.8 Å². The summed E-state index contributed by atoms with van der Waals surface area (Å²) in [5, 5.41) is 15.0. The molecule has 0 aromatic heterocycles. The first-order valence-electron chi connectivity index (χ1n) is 7.66. The summed E-state index contributed by atoms with van der Waals surface area (Å²) in [6, 6.07) is 6.51. The van der Waals surface area contributed by atoms with Crippen LogP contribution >= 0.6 is 0 Å². The van der Waals surface area contributed by atoms with Crippen LogP contribution < -0.4 is 15.4 Å². The Morgan fingerprint density at radius 3 is 2.43 bits per heavy atom. The Labute approximate surface area is 125 Å². The zero-order valence-electron chi connectivity index (χ0n) is 12.5. The quantitative estimate of drug-likeness (QED) is 0.590. The van der Waals surface area contributed by atoms with Gasteiger partial charge in [0.2, 0.25) is 0 Å². The van der Waals surface area contributed by atoms with Crippen LogP contribution in [0.2, 0.25) is 0 Å². The summed E-state index contributed by atoms with van der Waals surface area (Å²) in [5.41, 5.74) is 0. The number of ether oxygens (including phenoxy) is 1. The summed E-state index contributed by atoms with van der Waals surface area (Å²) in [6.45, 7) is 1.78. The van der Waals surface area contributed by atoms with E-state index in [0.717, 1.165) is 12.8 Å². The molecular weight excluding hydrogens is 268 g/mol. The van der Waals surface area contributed by atoms with Gasteiger partial charge in [-0.3, -0.25) is 0 Å². The van der Waals surface area contributed by atoms with Crippen LogP contribution in [0, 0.1) is 0 Å². The molecule has 2 amide bonds. The van der Waals surface area contributed by atoms with Crippen LogP contribution in [-0.4, -0.2) is 23.4 Å². The van der Waals surface area contributed by atoms with Gasteiger partial charge in [0.15, 0.2) is 6.23 Å². The van der Waals surface area contributed by atoms with Crippen molar-refractivity contribution in [3.05, 3.63) is 24.3 Å². The van der Waals surface area contributed by atoms with Crippen molar-refractivity contribution in [2.45, 2.75) is 57.7 Å². The lowest BCUT2D eigenvalue weighted by molar-refractivity contribution is 0.174. The molecule has 1 fully saturated rings. The van der Waals surface area contributed by atoms with Crippen molar-refractivity contribution in [3.8, 4) is 11.5 Å². The summed E-state index contributed by atoms with van der Waals surface area (Å²) in [5.74, 6) is 0.795. The molecule has 1 aromatic carbocycles. The van der Waals surface area contributed by atoms with Crippen LogP contribution in [0.4, 0.5) is 4.79 Å². The van der Waals surface area contributed by atoms with Crippen molar-refractivity contribution in [3.63, 3.8) is 0 Å². The first kappa shape index (κ1) is 15.5. The highest BCUT2D eigenvalue weighted by atomic mass is 16.5. The topological polar surface area (TPSA) is 70.6 Å². The molecule has 0 aliphatic heterocycles. The lowest BCUT2D eigenvalue weighted by Gasteiger charge is -2.20. The fraction of sp³-hybridized carbons (Fsp3) is 0.562. The van der Waals surface area contributed by atoms with Crippen LogP contribution in [0.3, 0.4) is 0 Å². The second-order valence-electron chi connectivity index (χ2n) is 5.56. The normalized spacial score (nSPS) is 17.6. The summed E-state index contributed by atoms with van der Waals surface area (Å²) >= 11 is 0. The van der Waals surface area contributed by atoms with E-state index in [1.54, 1.807) is 31.2 Å². The highest BCUT2D eigenvalue weighted by Crippen LogP contribution is 2.18. The van der Waals surface area contributed by atoms with Gasteiger partial charge >= 0.3 is 6.03 Å². The minimum Gasteiger partial charge on any atom is -0.508 e. The summed E-state index contributed by atoms with van der Waals surface area (Å²) < 4.78 is 5.57. The van der Waals surface area contributed by atoms with E-state index in [1.165, 1.54) is 25.7 Å². The number of amides is 2. The van der Waals surface area contributed by atoms with Gasteiger partial charge in [-0.05, 0) is 44.0 Å². The summed E-state index contributed by atoms with van der Waals surface area (Å²) in [4.78, 5) is 11.9. The molecule has 0 radical (unpaired) electrons. The van der Waals surface area contributed by atoms with E-state index in [1.807, 2.05) is 0 Å². The van der Waals surface area contributed by atoms with Gasteiger partial charge in [-0.1, -0.05) is 25.7 Å². The molecule has 1 aromatic rings. The van der Waals surface area contributed by atoms with Gasteiger partial charge in [-0.25, -0.2) is 4.79 Å². The standard InChI is InChI=1S/C16H24N2O3/c1-12(21-15-10-8-14(19)9-11-15)17-16(20)18-13-6-4-2-3-5-7-13/h8-13,19H,2-7H2,1H3,(H2,17,18,20). The van der Waals surface area contributed by atoms with Crippen molar-refractivity contribution in [1.29, 1.82) is 0 Å². The molecule has 116 valence electrons. The van der Waals surface area contributed by atoms with Crippen molar-refractivity contribution in [2.24, 2.45) is 0 Å². The molecule has 0 heterocycles. The molecule has 1 aliphatic carbocycles. The van der Waals surface area contributed by atoms with Gasteiger partial charge in [0, 0.05) is 6.04 Å². The van der Waals surface area contributed by atoms with E-state index < -0.39 is 6.23 Å². The number of carbonyl (C=O) groups excluding carboxylic acids is 1. The minimum absolute atomic E-state index is 0.187. The highest BCUT2D eigenvalue weighted by Gasteiger charge is 2.16. The molecule has 0 bridgehead atoms.